The maximum atomic E-state index is 12.9. The second-order valence-corrected chi connectivity index (χ2v) is 4.97. The third kappa shape index (κ3) is 3.53. The lowest BCUT2D eigenvalue weighted by Crippen LogP contribution is -2.34. The number of benzene rings is 1. The third-order valence-electron chi connectivity index (χ3n) is 3.53. The molecule has 114 valence electrons. The van der Waals surface area contributed by atoms with Gasteiger partial charge in [0.05, 0.1) is 12.0 Å². The molecule has 1 N–H and O–H groups in total. The molecule has 1 aromatic rings. The van der Waals surface area contributed by atoms with Crippen LogP contribution in [0.4, 0.5) is 13.2 Å². The maximum Gasteiger partial charge on any atom is 0.416 e. The molecular formula is C14H14F3NO3. The van der Waals surface area contributed by atoms with Gasteiger partial charge in [-0.1, -0.05) is 18.2 Å². The molecule has 1 saturated heterocycles. The van der Waals surface area contributed by atoms with Crippen LogP contribution in [0.1, 0.15) is 30.4 Å². The zero-order valence-electron chi connectivity index (χ0n) is 11.1. The molecule has 1 atom stereocenters. The number of hydrogen-bond acceptors (Lipinski definition) is 2. The number of carbonyl (C=O) groups is 2. The summed E-state index contributed by atoms with van der Waals surface area (Å²) >= 11 is 0. The SMILES string of the molecule is O=C(O)CC1CCC(=O)N1Cc1ccccc1C(F)(F)F. The summed E-state index contributed by atoms with van der Waals surface area (Å²) in [6.45, 7) is -0.216. The molecule has 1 aliphatic rings. The van der Waals surface area contributed by atoms with Gasteiger partial charge in [0.1, 0.15) is 0 Å². The summed E-state index contributed by atoms with van der Waals surface area (Å²) in [5, 5.41) is 8.81. The highest BCUT2D eigenvalue weighted by Crippen LogP contribution is 2.33. The van der Waals surface area contributed by atoms with Gasteiger partial charge in [0, 0.05) is 19.0 Å². The second-order valence-electron chi connectivity index (χ2n) is 4.97. The topological polar surface area (TPSA) is 57.6 Å². The van der Waals surface area contributed by atoms with Gasteiger partial charge < -0.3 is 10.0 Å². The number of nitrogens with zero attached hydrogens (tertiary/aromatic N) is 1. The minimum absolute atomic E-state index is 0.0179. The average molecular weight is 301 g/mol. The quantitative estimate of drug-likeness (QED) is 0.930. The molecule has 1 fully saturated rings. The van der Waals surface area contributed by atoms with Gasteiger partial charge in [-0.05, 0) is 18.1 Å². The summed E-state index contributed by atoms with van der Waals surface area (Å²) in [6.07, 6.45) is -4.22. The summed E-state index contributed by atoms with van der Waals surface area (Å²) in [7, 11) is 0. The summed E-state index contributed by atoms with van der Waals surface area (Å²) in [5.74, 6) is -1.37. The average Bonchev–Trinajstić information content (AvgIpc) is 2.70. The fourth-order valence-corrected chi connectivity index (χ4v) is 2.54. The molecule has 1 unspecified atom stereocenters. The Morgan fingerprint density at radius 3 is 2.62 bits per heavy atom. The molecule has 4 nitrogen and oxygen atoms in total. The standard InChI is InChI=1S/C14H14F3NO3/c15-14(16,17)11-4-2-1-3-9(11)8-18-10(7-13(20)21)5-6-12(18)19/h1-4,10H,5-8H2,(H,20,21). The largest absolute Gasteiger partial charge is 0.481 e. The Labute approximate surface area is 119 Å². The molecule has 1 heterocycles. The van der Waals surface area contributed by atoms with E-state index in [1.165, 1.54) is 23.1 Å². The molecule has 2 rings (SSSR count). The molecule has 0 aromatic heterocycles. The highest BCUT2D eigenvalue weighted by molar-refractivity contribution is 5.80. The van der Waals surface area contributed by atoms with Gasteiger partial charge in [0.2, 0.25) is 5.91 Å². The van der Waals surface area contributed by atoms with Crippen molar-refractivity contribution >= 4 is 11.9 Å². The Balaban J connectivity index is 2.24. The number of carboxylic acids is 1. The smallest absolute Gasteiger partial charge is 0.416 e. The lowest BCUT2D eigenvalue weighted by atomic mass is 10.1. The normalized spacial score (nSPS) is 19.1. The van der Waals surface area contributed by atoms with Gasteiger partial charge in [-0.15, -0.1) is 0 Å². The van der Waals surface area contributed by atoms with E-state index in [1.807, 2.05) is 0 Å². The molecule has 1 aromatic carbocycles. The van der Waals surface area contributed by atoms with Crippen molar-refractivity contribution in [2.75, 3.05) is 0 Å². The Morgan fingerprint density at radius 2 is 2.00 bits per heavy atom. The first-order valence-electron chi connectivity index (χ1n) is 6.45. The Bertz CT molecular complexity index is 557. The molecule has 1 amide bonds. The van der Waals surface area contributed by atoms with E-state index in [1.54, 1.807) is 0 Å². The molecular weight excluding hydrogens is 287 g/mol. The van der Waals surface area contributed by atoms with Crippen LogP contribution in [0.3, 0.4) is 0 Å². The number of halogens is 3. The number of likely N-dealkylation sites (tertiary alicyclic amines) is 1. The van der Waals surface area contributed by atoms with Crippen LogP contribution in [0.5, 0.6) is 0 Å². The van der Waals surface area contributed by atoms with E-state index < -0.39 is 23.8 Å². The zero-order valence-corrected chi connectivity index (χ0v) is 11.1. The van der Waals surface area contributed by atoms with Crippen molar-refractivity contribution in [1.82, 2.24) is 4.90 Å². The zero-order chi connectivity index (χ0) is 15.6. The molecule has 0 bridgehead atoms. The Kier molecular flexibility index (Phi) is 4.20. The van der Waals surface area contributed by atoms with Crippen molar-refractivity contribution in [3.8, 4) is 0 Å². The first-order valence-corrected chi connectivity index (χ1v) is 6.45. The second kappa shape index (κ2) is 5.75. The fraction of sp³-hybridized carbons (Fsp3) is 0.429. The minimum Gasteiger partial charge on any atom is -0.481 e. The number of carbonyl (C=O) groups excluding carboxylic acids is 1. The molecule has 0 saturated carbocycles. The Morgan fingerprint density at radius 1 is 1.33 bits per heavy atom. The highest BCUT2D eigenvalue weighted by Gasteiger charge is 2.36. The number of alkyl halides is 3. The van der Waals surface area contributed by atoms with E-state index in [4.69, 9.17) is 5.11 Å². The predicted molar refractivity (Wildman–Crippen MR) is 67.3 cm³/mol. The van der Waals surface area contributed by atoms with E-state index in [0.29, 0.717) is 6.42 Å². The van der Waals surface area contributed by atoms with E-state index in [0.717, 1.165) is 6.07 Å². The van der Waals surface area contributed by atoms with Crippen LogP contribution in [0, 0.1) is 0 Å². The lowest BCUT2D eigenvalue weighted by Gasteiger charge is -2.25. The van der Waals surface area contributed by atoms with Gasteiger partial charge in [-0.2, -0.15) is 13.2 Å². The van der Waals surface area contributed by atoms with E-state index >= 15 is 0 Å². The lowest BCUT2D eigenvalue weighted by molar-refractivity contribution is -0.141. The van der Waals surface area contributed by atoms with E-state index in [2.05, 4.69) is 0 Å². The fourth-order valence-electron chi connectivity index (χ4n) is 2.54. The number of hydrogen-bond donors (Lipinski definition) is 1. The summed E-state index contributed by atoms with van der Waals surface area (Å²) < 4.78 is 38.8. The van der Waals surface area contributed by atoms with Gasteiger partial charge in [0.15, 0.2) is 0 Å². The molecule has 0 spiro atoms. The molecule has 0 aliphatic carbocycles. The number of carboxylic acid groups (broad SMARTS) is 1. The molecule has 21 heavy (non-hydrogen) atoms. The van der Waals surface area contributed by atoms with Gasteiger partial charge in [-0.3, -0.25) is 9.59 Å². The van der Waals surface area contributed by atoms with Crippen LogP contribution >= 0.6 is 0 Å². The molecule has 0 radical (unpaired) electrons. The molecule has 7 heteroatoms. The first kappa shape index (κ1) is 15.3. The third-order valence-corrected chi connectivity index (χ3v) is 3.53. The summed E-state index contributed by atoms with van der Waals surface area (Å²) in [6, 6.07) is 4.48. The monoisotopic (exact) mass is 301 g/mol. The Hall–Kier alpha value is -2.05. The number of rotatable bonds is 4. The van der Waals surface area contributed by atoms with Crippen molar-refractivity contribution in [1.29, 1.82) is 0 Å². The van der Waals surface area contributed by atoms with Crippen molar-refractivity contribution in [3.05, 3.63) is 35.4 Å². The van der Waals surface area contributed by atoms with Crippen molar-refractivity contribution in [2.45, 2.75) is 38.0 Å². The van der Waals surface area contributed by atoms with Gasteiger partial charge >= 0.3 is 12.1 Å². The maximum absolute atomic E-state index is 12.9. The number of amides is 1. The van der Waals surface area contributed by atoms with Crippen LogP contribution < -0.4 is 0 Å². The van der Waals surface area contributed by atoms with Crippen LogP contribution in [0.15, 0.2) is 24.3 Å². The first-order chi connectivity index (χ1) is 9.79. The number of aliphatic carboxylic acids is 1. The predicted octanol–water partition coefficient (Wildman–Crippen LogP) is 2.67. The van der Waals surface area contributed by atoms with E-state index in [9.17, 15) is 22.8 Å². The van der Waals surface area contributed by atoms with Gasteiger partial charge in [0.25, 0.3) is 0 Å². The van der Waals surface area contributed by atoms with Crippen LogP contribution in [0.2, 0.25) is 0 Å². The minimum atomic E-state index is -4.50. The summed E-state index contributed by atoms with van der Waals surface area (Å²) in [4.78, 5) is 23.8. The van der Waals surface area contributed by atoms with Crippen molar-refractivity contribution < 1.29 is 27.9 Å². The van der Waals surface area contributed by atoms with Crippen molar-refractivity contribution in [2.24, 2.45) is 0 Å². The van der Waals surface area contributed by atoms with Crippen LogP contribution in [-0.2, 0) is 22.3 Å². The van der Waals surface area contributed by atoms with Crippen LogP contribution in [-0.4, -0.2) is 27.9 Å². The van der Waals surface area contributed by atoms with E-state index in [-0.39, 0.29) is 30.9 Å². The van der Waals surface area contributed by atoms with Crippen LogP contribution in [0.25, 0.3) is 0 Å². The highest BCUT2D eigenvalue weighted by atomic mass is 19.4. The summed E-state index contributed by atoms with van der Waals surface area (Å²) in [5.41, 5.74) is -0.811. The van der Waals surface area contributed by atoms with Crippen molar-refractivity contribution in [3.63, 3.8) is 0 Å². The molecule has 1 aliphatic heterocycles. The van der Waals surface area contributed by atoms with Gasteiger partial charge in [-0.25, -0.2) is 0 Å².